The van der Waals surface area contributed by atoms with Crippen molar-refractivity contribution < 1.29 is 13.5 Å². The van der Waals surface area contributed by atoms with E-state index in [2.05, 4.69) is 0 Å². The summed E-state index contributed by atoms with van der Waals surface area (Å²) in [7, 11) is 0. The first-order valence-corrected chi connectivity index (χ1v) is 5.96. The van der Waals surface area contributed by atoms with Crippen LogP contribution in [0.2, 0.25) is 5.02 Å². The quantitative estimate of drug-likeness (QED) is 0.817. The predicted octanol–water partition coefficient (Wildman–Crippen LogP) is 4.61. The molecule has 0 heterocycles. The molecule has 0 aromatic heterocycles. The third-order valence-corrected chi connectivity index (χ3v) is 3.31. The molecule has 2 nitrogen and oxygen atoms in total. The Bertz CT molecular complexity index is 621. The number of nitrogen functional groups attached to an aromatic ring is 1. The number of halogens is 3. The number of ether oxygens (including phenoxy) is 1. The van der Waals surface area contributed by atoms with Gasteiger partial charge in [0.2, 0.25) is 5.82 Å². The van der Waals surface area contributed by atoms with E-state index in [9.17, 15) is 8.78 Å². The highest BCUT2D eigenvalue weighted by Gasteiger charge is 2.15. The maximum atomic E-state index is 13.6. The molecule has 0 aliphatic rings. The van der Waals surface area contributed by atoms with Crippen LogP contribution in [-0.2, 0) is 0 Å². The molecule has 0 saturated heterocycles. The topological polar surface area (TPSA) is 35.2 Å². The van der Waals surface area contributed by atoms with Crippen LogP contribution >= 0.6 is 11.6 Å². The Labute approximate surface area is 114 Å². The molecular formula is C14H12ClF2NO. The Morgan fingerprint density at radius 3 is 2.26 bits per heavy atom. The fraction of sp³-hybridized carbons (Fsp3) is 0.143. The molecule has 0 amide bonds. The Morgan fingerprint density at radius 2 is 1.68 bits per heavy atom. The van der Waals surface area contributed by atoms with Gasteiger partial charge >= 0.3 is 0 Å². The van der Waals surface area contributed by atoms with Gasteiger partial charge in [-0.15, -0.1) is 0 Å². The second kappa shape index (κ2) is 5.05. The molecule has 0 aliphatic heterocycles. The van der Waals surface area contributed by atoms with Gasteiger partial charge < -0.3 is 10.5 Å². The van der Waals surface area contributed by atoms with E-state index in [1.807, 2.05) is 0 Å². The Morgan fingerprint density at radius 1 is 1.11 bits per heavy atom. The van der Waals surface area contributed by atoms with Crippen LogP contribution in [0.1, 0.15) is 11.1 Å². The highest BCUT2D eigenvalue weighted by atomic mass is 35.5. The summed E-state index contributed by atoms with van der Waals surface area (Å²) in [5.74, 6) is -2.08. The van der Waals surface area contributed by atoms with Crippen molar-refractivity contribution in [3.63, 3.8) is 0 Å². The molecule has 2 aromatic rings. The predicted molar refractivity (Wildman–Crippen MR) is 71.8 cm³/mol. The van der Waals surface area contributed by atoms with Gasteiger partial charge in [0.1, 0.15) is 5.75 Å². The molecular weight excluding hydrogens is 272 g/mol. The molecule has 2 rings (SSSR count). The number of rotatable bonds is 2. The molecule has 100 valence electrons. The zero-order valence-corrected chi connectivity index (χ0v) is 11.2. The van der Waals surface area contributed by atoms with Gasteiger partial charge in [-0.05, 0) is 49.2 Å². The van der Waals surface area contributed by atoms with Gasteiger partial charge in [0.25, 0.3) is 0 Å². The van der Waals surface area contributed by atoms with E-state index in [0.29, 0.717) is 10.8 Å². The largest absolute Gasteiger partial charge is 0.452 e. The lowest BCUT2D eigenvalue weighted by Crippen LogP contribution is -1.98. The van der Waals surface area contributed by atoms with E-state index in [-0.39, 0.29) is 11.4 Å². The zero-order valence-electron chi connectivity index (χ0n) is 10.4. The number of benzene rings is 2. The van der Waals surface area contributed by atoms with Crippen LogP contribution in [0.15, 0.2) is 24.3 Å². The van der Waals surface area contributed by atoms with E-state index in [1.54, 1.807) is 26.0 Å². The third-order valence-electron chi connectivity index (χ3n) is 2.71. The summed E-state index contributed by atoms with van der Waals surface area (Å²) in [6.07, 6.45) is 0. The molecule has 5 heteroatoms. The molecule has 0 fully saturated rings. The SMILES string of the molecule is Cc1cc(Oc2c(N)ccc(F)c2F)cc(C)c1Cl. The lowest BCUT2D eigenvalue weighted by Gasteiger charge is -2.12. The normalized spacial score (nSPS) is 10.6. The fourth-order valence-electron chi connectivity index (χ4n) is 1.73. The van der Waals surface area contributed by atoms with Crippen LogP contribution < -0.4 is 10.5 Å². The first-order valence-electron chi connectivity index (χ1n) is 5.58. The molecule has 0 radical (unpaired) electrons. The van der Waals surface area contributed by atoms with Crippen LogP contribution in [0.4, 0.5) is 14.5 Å². The fourth-order valence-corrected chi connectivity index (χ4v) is 1.84. The number of hydrogen-bond donors (Lipinski definition) is 1. The van der Waals surface area contributed by atoms with E-state index in [4.69, 9.17) is 22.1 Å². The van der Waals surface area contributed by atoms with Gasteiger partial charge in [-0.25, -0.2) is 4.39 Å². The second-order valence-electron chi connectivity index (χ2n) is 4.25. The number of nitrogens with two attached hydrogens (primary N) is 1. The molecule has 19 heavy (non-hydrogen) atoms. The van der Waals surface area contributed by atoms with E-state index in [0.717, 1.165) is 17.2 Å². The highest BCUT2D eigenvalue weighted by Crippen LogP contribution is 2.34. The van der Waals surface area contributed by atoms with Crippen molar-refractivity contribution in [2.45, 2.75) is 13.8 Å². The minimum absolute atomic E-state index is 0.0316. The minimum Gasteiger partial charge on any atom is -0.452 e. The van der Waals surface area contributed by atoms with Crippen LogP contribution in [0, 0.1) is 25.5 Å². The van der Waals surface area contributed by atoms with Gasteiger partial charge in [0, 0.05) is 5.02 Å². The Kier molecular flexibility index (Phi) is 3.62. The van der Waals surface area contributed by atoms with Crippen LogP contribution in [0.3, 0.4) is 0 Å². The van der Waals surface area contributed by atoms with Gasteiger partial charge in [0.15, 0.2) is 11.6 Å². The van der Waals surface area contributed by atoms with Gasteiger partial charge in [-0.2, -0.15) is 4.39 Å². The molecule has 0 unspecified atom stereocenters. The number of hydrogen-bond acceptors (Lipinski definition) is 2. The summed E-state index contributed by atoms with van der Waals surface area (Å²) in [6.45, 7) is 3.60. The molecule has 2 aromatic carbocycles. The standard InChI is InChI=1S/C14H12ClF2NO/c1-7-5-9(6-8(2)12(7)15)19-14-11(18)4-3-10(16)13(14)17/h3-6H,18H2,1-2H3. The van der Waals surface area contributed by atoms with Crippen molar-refractivity contribution in [1.82, 2.24) is 0 Å². The molecule has 0 spiro atoms. The third kappa shape index (κ3) is 2.63. The molecule has 2 N–H and O–H groups in total. The van der Waals surface area contributed by atoms with Gasteiger partial charge in [-0.3, -0.25) is 0 Å². The smallest absolute Gasteiger partial charge is 0.203 e. The first-order chi connectivity index (χ1) is 8.90. The van der Waals surface area contributed by atoms with Crippen molar-refractivity contribution in [1.29, 1.82) is 0 Å². The second-order valence-corrected chi connectivity index (χ2v) is 4.63. The minimum atomic E-state index is -1.11. The van der Waals surface area contributed by atoms with Gasteiger partial charge in [0.05, 0.1) is 5.69 Å². The van der Waals surface area contributed by atoms with Crippen LogP contribution in [0.25, 0.3) is 0 Å². The van der Waals surface area contributed by atoms with Crippen LogP contribution in [0.5, 0.6) is 11.5 Å². The molecule has 0 bridgehead atoms. The highest BCUT2D eigenvalue weighted by molar-refractivity contribution is 6.32. The molecule has 0 saturated carbocycles. The lowest BCUT2D eigenvalue weighted by atomic mass is 10.1. The van der Waals surface area contributed by atoms with Crippen molar-refractivity contribution in [3.8, 4) is 11.5 Å². The summed E-state index contributed by atoms with van der Waals surface area (Å²) in [6, 6.07) is 5.48. The molecule has 0 atom stereocenters. The molecule has 0 aliphatic carbocycles. The summed E-state index contributed by atoms with van der Waals surface area (Å²) in [5.41, 5.74) is 7.19. The van der Waals surface area contributed by atoms with Crippen molar-refractivity contribution in [2.24, 2.45) is 0 Å². The maximum Gasteiger partial charge on any atom is 0.203 e. The maximum absolute atomic E-state index is 13.6. The summed E-state index contributed by atoms with van der Waals surface area (Å²) in [5, 5.41) is 0.611. The van der Waals surface area contributed by atoms with E-state index < -0.39 is 11.6 Å². The number of aryl methyl sites for hydroxylation is 2. The monoisotopic (exact) mass is 283 g/mol. The van der Waals surface area contributed by atoms with E-state index >= 15 is 0 Å². The van der Waals surface area contributed by atoms with Crippen molar-refractivity contribution in [3.05, 3.63) is 52.0 Å². The summed E-state index contributed by atoms with van der Waals surface area (Å²) < 4.78 is 32.1. The average molecular weight is 284 g/mol. The van der Waals surface area contributed by atoms with Gasteiger partial charge in [-0.1, -0.05) is 11.6 Å². The summed E-state index contributed by atoms with van der Waals surface area (Å²) in [4.78, 5) is 0. The Balaban J connectivity index is 2.45. The Hall–Kier alpha value is -1.81. The van der Waals surface area contributed by atoms with E-state index in [1.165, 1.54) is 6.07 Å². The summed E-state index contributed by atoms with van der Waals surface area (Å²) >= 11 is 6.03. The van der Waals surface area contributed by atoms with Crippen molar-refractivity contribution >= 4 is 17.3 Å². The zero-order chi connectivity index (χ0) is 14.2. The first kappa shape index (κ1) is 13.6. The number of anilines is 1. The van der Waals surface area contributed by atoms with Crippen LogP contribution in [-0.4, -0.2) is 0 Å². The lowest BCUT2D eigenvalue weighted by molar-refractivity contribution is 0.418. The van der Waals surface area contributed by atoms with Crippen molar-refractivity contribution in [2.75, 3.05) is 5.73 Å². The average Bonchev–Trinajstić information content (AvgIpc) is 2.36.